The quantitative estimate of drug-likeness (QED) is 0.408. The van der Waals surface area contributed by atoms with Crippen molar-refractivity contribution in [2.75, 3.05) is 0 Å². The number of halogens is 2. The maximum atomic E-state index is 14.6. The number of rotatable bonds is 10. The number of aromatic nitrogens is 3. The van der Waals surface area contributed by atoms with Crippen LogP contribution in [0.5, 0.6) is 0 Å². The molecule has 1 N–H and O–H groups in total. The van der Waals surface area contributed by atoms with E-state index in [1.165, 1.54) is 0 Å². The molecular weight excluding hydrogens is 412 g/mol. The SMILES string of the molecule is CCCCC(F)(F)c1nc(CC(C)C)n(Cc2ccc(-c3ccccc3C(=O)O)cc2)n1. The lowest BCUT2D eigenvalue weighted by atomic mass is 9.99. The van der Waals surface area contributed by atoms with E-state index in [1.807, 2.05) is 45.0 Å². The van der Waals surface area contributed by atoms with Gasteiger partial charge >= 0.3 is 11.9 Å². The van der Waals surface area contributed by atoms with Crippen LogP contribution in [0.25, 0.3) is 11.1 Å². The van der Waals surface area contributed by atoms with E-state index in [1.54, 1.807) is 28.9 Å². The summed E-state index contributed by atoms with van der Waals surface area (Å²) in [6.45, 7) is 6.23. The van der Waals surface area contributed by atoms with Crippen LogP contribution in [0.15, 0.2) is 48.5 Å². The van der Waals surface area contributed by atoms with Gasteiger partial charge in [-0.25, -0.2) is 14.5 Å². The maximum Gasteiger partial charge on any atom is 0.336 e. The lowest BCUT2D eigenvalue weighted by Gasteiger charge is -2.11. The molecule has 0 aliphatic rings. The molecule has 0 bridgehead atoms. The Labute approximate surface area is 187 Å². The number of hydrogen-bond donors (Lipinski definition) is 1. The smallest absolute Gasteiger partial charge is 0.336 e. The van der Waals surface area contributed by atoms with Crippen molar-refractivity contribution in [3.63, 3.8) is 0 Å². The fourth-order valence-electron chi connectivity index (χ4n) is 3.57. The summed E-state index contributed by atoms with van der Waals surface area (Å²) in [6.07, 6.45) is 1.40. The van der Waals surface area contributed by atoms with Crippen molar-refractivity contribution in [2.45, 2.75) is 58.9 Å². The summed E-state index contributed by atoms with van der Waals surface area (Å²) in [5, 5.41) is 13.6. The van der Waals surface area contributed by atoms with E-state index in [2.05, 4.69) is 10.1 Å². The van der Waals surface area contributed by atoms with Crippen LogP contribution in [0.2, 0.25) is 0 Å². The number of carbonyl (C=O) groups is 1. The lowest BCUT2D eigenvalue weighted by molar-refractivity contribution is -0.0245. The summed E-state index contributed by atoms with van der Waals surface area (Å²) >= 11 is 0. The van der Waals surface area contributed by atoms with Gasteiger partial charge in [-0.15, -0.1) is 5.10 Å². The Hall–Kier alpha value is -3.09. The molecule has 3 rings (SSSR count). The minimum Gasteiger partial charge on any atom is -0.478 e. The fourth-order valence-corrected chi connectivity index (χ4v) is 3.57. The fraction of sp³-hybridized carbons (Fsp3) is 0.400. The van der Waals surface area contributed by atoms with E-state index in [-0.39, 0.29) is 17.9 Å². The highest BCUT2D eigenvalue weighted by Crippen LogP contribution is 2.32. The molecule has 0 amide bonds. The average molecular weight is 442 g/mol. The largest absolute Gasteiger partial charge is 0.478 e. The van der Waals surface area contributed by atoms with Crippen molar-refractivity contribution in [2.24, 2.45) is 5.92 Å². The third-order valence-corrected chi connectivity index (χ3v) is 5.27. The molecule has 1 aromatic heterocycles. The van der Waals surface area contributed by atoms with Crippen LogP contribution in [0.4, 0.5) is 8.78 Å². The summed E-state index contributed by atoms with van der Waals surface area (Å²) in [5.74, 6) is -3.63. The van der Waals surface area contributed by atoms with Crippen LogP contribution in [-0.2, 0) is 18.9 Å². The Bertz CT molecular complexity index is 1060. The van der Waals surface area contributed by atoms with E-state index in [9.17, 15) is 18.7 Å². The van der Waals surface area contributed by atoms with Gasteiger partial charge in [0.1, 0.15) is 5.82 Å². The van der Waals surface area contributed by atoms with Crippen molar-refractivity contribution >= 4 is 5.97 Å². The van der Waals surface area contributed by atoms with Gasteiger partial charge in [-0.2, -0.15) is 8.78 Å². The molecule has 0 unspecified atom stereocenters. The predicted molar refractivity (Wildman–Crippen MR) is 120 cm³/mol. The first-order chi connectivity index (χ1) is 15.2. The van der Waals surface area contributed by atoms with Crippen LogP contribution in [0.1, 0.15) is 67.6 Å². The second kappa shape index (κ2) is 10.0. The molecule has 0 spiro atoms. The van der Waals surface area contributed by atoms with Gasteiger partial charge < -0.3 is 5.11 Å². The zero-order valence-corrected chi connectivity index (χ0v) is 18.7. The first-order valence-corrected chi connectivity index (χ1v) is 10.9. The summed E-state index contributed by atoms with van der Waals surface area (Å²) < 4.78 is 30.7. The third-order valence-electron chi connectivity index (χ3n) is 5.27. The summed E-state index contributed by atoms with van der Waals surface area (Å²) in [7, 11) is 0. The van der Waals surface area contributed by atoms with Gasteiger partial charge in [-0.1, -0.05) is 69.7 Å². The van der Waals surface area contributed by atoms with Crippen LogP contribution in [-0.4, -0.2) is 25.8 Å². The van der Waals surface area contributed by atoms with Gasteiger partial charge in [-0.05, 0) is 35.1 Å². The van der Waals surface area contributed by atoms with Crippen LogP contribution in [0.3, 0.4) is 0 Å². The highest BCUT2D eigenvalue weighted by atomic mass is 19.3. The Morgan fingerprint density at radius 2 is 1.81 bits per heavy atom. The van der Waals surface area contributed by atoms with E-state index in [0.717, 1.165) is 11.1 Å². The lowest BCUT2D eigenvalue weighted by Crippen LogP contribution is -2.16. The van der Waals surface area contributed by atoms with Gasteiger partial charge in [0.05, 0.1) is 12.1 Å². The molecule has 0 saturated carbocycles. The van der Waals surface area contributed by atoms with Crippen molar-refractivity contribution in [3.05, 3.63) is 71.3 Å². The highest BCUT2D eigenvalue weighted by Gasteiger charge is 2.36. The molecule has 0 atom stereocenters. The molecule has 0 aliphatic carbocycles. The minimum absolute atomic E-state index is 0.231. The number of aromatic carboxylic acids is 1. The normalized spacial score (nSPS) is 11.8. The van der Waals surface area contributed by atoms with Crippen molar-refractivity contribution in [1.29, 1.82) is 0 Å². The molecule has 7 heteroatoms. The van der Waals surface area contributed by atoms with Crippen LogP contribution >= 0.6 is 0 Å². The number of nitrogens with zero attached hydrogens (tertiary/aromatic N) is 3. The Morgan fingerprint density at radius 1 is 1.12 bits per heavy atom. The van der Waals surface area contributed by atoms with Gasteiger partial charge in [0.25, 0.3) is 0 Å². The molecule has 2 aromatic carbocycles. The zero-order chi connectivity index (χ0) is 23.3. The molecule has 0 fully saturated rings. The summed E-state index contributed by atoms with van der Waals surface area (Å²) in [6, 6.07) is 14.2. The highest BCUT2D eigenvalue weighted by molar-refractivity contribution is 5.95. The van der Waals surface area contributed by atoms with Crippen molar-refractivity contribution < 1.29 is 18.7 Å². The topological polar surface area (TPSA) is 68.0 Å². The van der Waals surface area contributed by atoms with E-state index >= 15 is 0 Å². The number of carboxylic acid groups (broad SMARTS) is 1. The molecule has 5 nitrogen and oxygen atoms in total. The molecule has 0 radical (unpaired) electrons. The molecule has 170 valence electrons. The second-order valence-electron chi connectivity index (χ2n) is 8.46. The van der Waals surface area contributed by atoms with Gasteiger partial charge in [0.15, 0.2) is 0 Å². The molecule has 0 saturated heterocycles. The predicted octanol–water partition coefficient (Wildman–Crippen LogP) is 6.17. The van der Waals surface area contributed by atoms with Crippen LogP contribution < -0.4 is 0 Å². The molecule has 1 heterocycles. The van der Waals surface area contributed by atoms with E-state index in [0.29, 0.717) is 37.2 Å². The molecule has 32 heavy (non-hydrogen) atoms. The molecular formula is C25H29F2N3O2. The first-order valence-electron chi connectivity index (χ1n) is 10.9. The minimum atomic E-state index is -3.04. The Kier molecular flexibility index (Phi) is 7.38. The van der Waals surface area contributed by atoms with Crippen molar-refractivity contribution in [1.82, 2.24) is 14.8 Å². The Balaban J connectivity index is 1.87. The van der Waals surface area contributed by atoms with Crippen molar-refractivity contribution in [3.8, 4) is 11.1 Å². The van der Waals surface area contributed by atoms with E-state index < -0.39 is 17.7 Å². The number of alkyl halides is 2. The summed E-state index contributed by atoms with van der Waals surface area (Å²) in [5.41, 5.74) is 2.51. The zero-order valence-electron chi connectivity index (χ0n) is 18.7. The van der Waals surface area contributed by atoms with Crippen LogP contribution in [0, 0.1) is 5.92 Å². The average Bonchev–Trinajstić information content (AvgIpc) is 3.15. The summed E-state index contributed by atoms with van der Waals surface area (Å²) in [4.78, 5) is 15.7. The van der Waals surface area contributed by atoms with Gasteiger partial charge in [-0.3, -0.25) is 0 Å². The molecule has 3 aromatic rings. The molecule has 0 aliphatic heterocycles. The second-order valence-corrected chi connectivity index (χ2v) is 8.46. The number of carboxylic acids is 1. The number of hydrogen-bond acceptors (Lipinski definition) is 3. The van der Waals surface area contributed by atoms with Gasteiger partial charge in [0, 0.05) is 12.8 Å². The standard InChI is InChI=1S/C25H29F2N3O2/c1-4-5-14-25(26,27)24-28-22(15-17(2)3)30(29-24)16-18-10-12-19(13-11-18)20-8-6-7-9-21(20)23(31)32/h6-13,17H,4-5,14-16H2,1-3H3,(H,31,32). The first kappa shape index (κ1) is 23.6. The number of benzene rings is 2. The van der Waals surface area contributed by atoms with E-state index in [4.69, 9.17) is 0 Å². The monoisotopic (exact) mass is 441 g/mol. The van der Waals surface area contributed by atoms with Gasteiger partial charge in [0.2, 0.25) is 5.82 Å². The maximum absolute atomic E-state index is 14.6. The Morgan fingerprint density at radius 3 is 2.44 bits per heavy atom. The number of unbranched alkanes of at least 4 members (excludes halogenated alkanes) is 1. The third kappa shape index (κ3) is 5.58.